The van der Waals surface area contributed by atoms with Crippen molar-refractivity contribution in [2.45, 2.75) is 74.5 Å². The zero-order valence-electron chi connectivity index (χ0n) is 14.6. The molecule has 0 aliphatic heterocycles. The fourth-order valence-corrected chi connectivity index (χ4v) is 3.95. The molecule has 7 N–H and O–H groups in total. The van der Waals surface area contributed by atoms with Crippen LogP contribution in [0.5, 0.6) is 0 Å². The first-order valence-corrected chi connectivity index (χ1v) is 9.24. The third-order valence-electron chi connectivity index (χ3n) is 5.59. The molecule has 0 aromatic rings. The highest BCUT2D eigenvalue weighted by molar-refractivity contribution is 5.06. The Balaban J connectivity index is 2.07. The van der Waals surface area contributed by atoms with E-state index >= 15 is 0 Å². The number of hydrogen-bond donors (Lipinski definition) is 7. The number of aliphatic hydroxyl groups excluding tert-OH is 5. The van der Waals surface area contributed by atoms with Gasteiger partial charge in [0.15, 0.2) is 0 Å². The van der Waals surface area contributed by atoms with Crippen LogP contribution >= 0.6 is 0 Å². The van der Waals surface area contributed by atoms with Gasteiger partial charge in [-0.15, -0.1) is 0 Å². The van der Waals surface area contributed by atoms with Crippen molar-refractivity contribution in [1.82, 2.24) is 5.32 Å². The van der Waals surface area contributed by atoms with E-state index < -0.39 is 42.6 Å². The molecule has 25 heavy (non-hydrogen) atoms. The molecule has 0 heterocycles. The van der Waals surface area contributed by atoms with Crippen LogP contribution < -0.4 is 5.32 Å². The summed E-state index contributed by atoms with van der Waals surface area (Å²) in [6, 6.07) is -1.26. The van der Waals surface area contributed by atoms with Gasteiger partial charge in [-0.1, -0.05) is 19.3 Å². The number of nitrogens with one attached hydrogen (secondary N) is 1. The van der Waals surface area contributed by atoms with Crippen molar-refractivity contribution < 1.29 is 35.4 Å². The Morgan fingerprint density at radius 3 is 2.24 bits per heavy atom. The smallest absolute Gasteiger partial charge is 0.118 e. The molecule has 0 unspecified atom stereocenters. The molecule has 0 aromatic heterocycles. The quantitative estimate of drug-likeness (QED) is 0.265. The third kappa shape index (κ3) is 5.11. The molecular weight excluding hydrogens is 330 g/mol. The van der Waals surface area contributed by atoms with Gasteiger partial charge in [-0.05, 0) is 25.2 Å². The Kier molecular flexibility index (Phi) is 8.03. The summed E-state index contributed by atoms with van der Waals surface area (Å²) >= 11 is 0. The standard InChI is InChI=1S/C17H33NO7/c19-7-12(8-20)18-13-6-17(24,10-21)16(23)14(22)15(13)25-9-11-4-2-1-3-5-11/h11-16,18-24H,1-10H2/t13-,14+,15-,16-,17-/m1/s1. The molecule has 0 saturated heterocycles. The molecule has 2 aliphatic carbocycles. The van der Waals surface area contributed by atoms with E-state index in [9.17, 15) is 30.6 Å². The number of rotatable bonds is 8. The minimum atomic E-state index is -1.86. The van der Waals surface area contributed by atoms with Gasteiger partial charge >= 0.3 is 0 Å². The van der Waals surface area contributed by atoms with Crippen LogP contribution in [-0.4, -0.2) is 93.1 Å². The average Bonchev–Trinajstić information content (AvgIpc) is 2.64. The first kappa shape index (κ1) is 21.0. The van der Waals surface area contributed by atoms with Crippen molar-refractivity contribution in [2.24, 2.45) is 5.92 Å². The maximum absolute atomic E-state index is 10.5. The molecule has 0 amide bonds. The van der Waals surface area contributed by atoms with Gasteiger partial charge in [-0.3, -0.25) is 0 Å². The molecule has 2 rings (SSSR count). The minimum absolute atomic E-state index is 0.0619. The largest absolute Gasteiger partial charge is 0.395 e. The van der Waals surface area contributed by atoms with Crippen LogP contribution in [-0.2, 0) is 4.74 Å². The summed E-state index contributed by atoms with van der Waals surface area (Å²) in [6.45, 7) is -0.897. The van der Waals surface area contributed by atoms with E-state index in [0.29, 0.717) is 12.5 Å². The van der Waals surface area contributed by atoms with Gasteiger partial charge in [0.05, 0.1) is 25.9 Å². The van der Waals surface area contributed by atoms with Crippen molar-refractivity contribution in [3.63, 3.8) is 0 Å². The lowest BCUT2D eigenvalue weighted by Gasteiger charge is -2.48. The lowest BCUT2D eigenvalue weighted by atomic mass is 9.76. The summed E-state index contributed by atoms with van der Waals surface area (Å²) in [5, 5.41) is 62.0. The van der Waals surface area contributed by atoms with Crippen LogP contribution in [0.1, 0.15) is 38.5 Å². The highest BCUT2D eigenvalue weighted by Crippen LogP contribution is 2.32. The molecule has 0 spiro atoms. The van der Waals surface area contributed by atoms with Gasteiger partial charge in [0.1, 0.15) is 23.9 Å². The summed E-state index contributed by atoms with van der Waals surface area (Å²) in [5.41, 5.74) is -1.86. The Labute approximate surface area is 148 Å². The Morgan fingerprint density at radius 1 is 1.04 bits per heavy atom. The highest BCUT2D eigenvalue weighted by Gasteiger charge is 2.52. The molecule has 0 aromatic carbocycles. The molecule has 8 heteroatoms. The molecule has 8 nitrogen and oxygen atoms in total. The summed E-state index contributed by atoms with van der Waals surface area (Å²) < 4.78 is 5.92. The van der Waals surface area contributed by atoms with E-state index in [4.69, 9.17) is 4.74 Å². The van der Waals surface area contributed by atoms with Crippen LogP contribution in [0, 0.1) is 5.92 Å². The molecule has 2 fully saturated rings. The SMILES string of the molecule is OCC(CO)N[C@@H]1C[C@@](O)(CO)[C@H](O)[C@@H](O)[C@@H]1OCC1CCCCC1. The molecule has 0 radical (unpaired) electrons. The summed E-state index contributed by atoms with van der Waals surface area (Å²) in [5.74, 6) is 0.406. The Morgan fingerprint density at radius 2 is 1.68 bits per heavy atom. The second-order valence-electron chi connectivity index (χ2n) is 7.54. The van der Waals surface area contributed by atoms with Gasteiger partial charge in [-0.2, -0.15) is 0 Å². The number of hydrogen-bond acceptors (Lipinski definition) is 8. The maximum atomic E-state index is 10.5. The van der Waals surface area contributed by atoms with E-state index in [2.05, 4.69) is 5.32 Å². The topological polar surface area (TPSA) is 143 Å². The maximum Gasteiger partial charge on any atom is 0.118 e. The minimum Gasteiger partial charge on any atom is -0.395 e. The van der Waals surface area contributed by atoms with Crippen molar-refractivity contribution >= 4 is 0 Å². The second kappa shape index (κ2) is 9.57. The van der Waals surface area contributed by atoms with Crippen LogP contribution in [0.2, 0.25) is 0 Å². The van der Waals surface area contributed by atoms with Crippen LogP contribution in [0.25, 0.3) is 0 Å². The van der Waals surface area contributed by atoms with Gasteiger partial charge in [0, 0.05) is 12.6 Å². The average molecular weight is 363 g/mol. The molecule has 0 bridgehead atoms. The van der Waals surface area contributed by atoms with Crippen LogP contribution in [0.3, 0.4) is 0 Å². The monoisotopic (exact) mass is 363 g/mol. The van der Waals surface area contributed by atoms with E-state index in [1.807, 2.05) is 0 Å². The molecular formula is C17H33NO7. The van der Waals surface area contributed by atoms with E-state index in [0.717, 1.165) is 25.7 Å². The predicted octanol–water partition coefficient (Wildman–Crippen LogP) is -1.89. The number of aliphatic hydroxyl groups is 6. The Bertz CT molecular complexity index is 389. The first-order valence-electron chi connectivity index (χ1n) is 9.24. The van der Waals surface area contributed by atoms with Gasteiger partial charge in [0.25, 0.3) is 0 Å². The first-order chi connectivity index (χ1) is 11.9. The normalized spacial score (nSPS) is 37.6. The van der Waals surface area contributed by atoms with Crippen molar-refractivity contribution in [3.05, 3.63) is 0 Å². The fraction of sp³-hybridized carbons (Fsp3) is 1.00. The zero-order valence-corrected chi connectivity index (χ0v) is 14.6. The Hall–Kier alpha value is -0.320. The summed E-state index contributed by atoms with van der Waals surface area (Å²) in [6.07, 6.45) is 1.90. The van der Waals surface area contributed by atoms with Crippen molar-refractivity contribution in [2.75, 3.05) is 26.4 Å². The number of ether oxygens (including phenoxy) is 1. The van der Waals surface area contributed by atoms with Crippen molar-refractivity contribution in [1.29, 1.82) is 0 Å². The van der Waals surface area contributed by atoms with Crippen LogP contribution in [0.4, 0.5) is 0 Å². The predicted molar refractivity (Wildman–Crippen MR) is 89.9 cm³/mol. The molecule has 2 saturated carbocycles. The lowest BCUT2D eigenvalue weighted by Crippen LogP contribution is -2.68. The molecule has 5 atom stereocenters. The van der Waals surface area contributed by atoms with Gasteiger partial charge in [0.2, 0.25) is 0 Å². The van der Waals surface area contributed by atoms with E-state index in [1.54, 1.807) is 0 Å². The summed E-state index contributed by atoms with van der Waals surface area (Å²) in [7, 11) is 0. The summed E-state index contributed by atoms with van der Waals surface area (Å²) in [4.78, 5) is 0. The van der Waals surface area contributed by atoms with Crippen LogP contribution in [0.15, 0.2) is 0 Å². The van der Waals surface area contributed by atoms with Gasteiger partial charge < -0.3 is 40.7 Å². The fourth-order valence-electron chi connectivity index (χ4n) is 3.95. The van der Waals surface area contributed by atoms with Crippen molar-refractivity contribution in [3.8, 4) is 0 Å². The third-order valence-corrected chi connectivity index (χ3v) is 5.59. The zero-order chi connectivity index (χ0) is 18.4. The van der Waals surface area contributed by atoms with E-state index in [1.165, 1.54) is 6.42 Å². The van der Waals surface area contributed by atoms with E-state index in [-0.39, 0.29) is 19.6 Å². The van der Waals surface area contributed by atoms with Gasteiger partial charge in [-0.25, -0.2) is 0 Å². The second-order valence-corrected chi connectivity index (χ2v) is 7.54. The highest BCUT2D eigenvalue weighted by atomic mass is 16.5. The molecule has 2 aliphatic rings. The lowest BCUT2D eigenvalue weighted by molar-refractivity contribution is -0.219. The molecule has 148 valence electrons.